The molecule has 0 saturated heterocycles. The van der Waals surface area contributed by atoms with E-state index >= 15 is 0 Å². The van der Waals surface area contributed by atoms with E-state index in [9.17, 15) is 16.8 Å². The zero-order chi connectivity index (χ0) is 12.4. The third-order valence-electron chi connectivity index (χ3n) is 1.56. The SMILES string of the molecule is CS(=O)(=O)/N=C1/CC=C(S(C)(=O)=O)NC=N1. The van der Waals surface area contributed by atoms with Gasteiger partial charge in [0.05, 0.1) is 12.6 Å². The second-order valence-corrected chi connectivity index (χ2v) is 6.82. The first-order valence-electron chi connectivity index (χ1n) is 4.16. The Labute approximate surface area is 94.0 Å². The van der Waals surface area contributed by atoms with Crippen LogP contribution in [0.25, 0.3) is 0 Å². The van der Waals surface area contributed by atoms with Crippen molar-refractivity contribution in [3.63, 3.8) is 0 Å². The third-order valence-corrected chi connectivity index (χ3v) is 3.19. The van der Waals surface area contributed by atoms with Crippen LogP contribution in [0.1, 0.15) is 6.42 Å². The lowest BCUT2D eigenvalue weighted by Crippen LogP contribution is -2.17. The van der Waals surface area contributed by atoms with E-state index in [1.165, 1.54) is 6.08 Å². The number of hydrogen-bond acceptors (Lipinski definition) is 5. The molecular weight excluding hydrogens is 254 g/mol. The van der Waals surface area contributed by atoms with Crippen molar-refractivity contribution in [2.24, 2.45) is 9.39 Å². The van der Waals surface area contributed by atoms with E-state index in [-0.39, 0.29) is 17.3 Å². The van der Waals surface area contributed by atoms with Gasteiger partial charge in [-0.05, 0) is 6.08 Å². The molecular formula is C7H11N3O4S2. The highest BCUT2D eigenvalue weighted by Crippen LogP contribution is 2.06. The minimum atomic E-state index is -3.53. The average Bonchev–Trinajstić information content (AvgIpc) is 2.25. The van der Waals surface area contributed by atoms with Crippen molar-refractivity contribution < 1.29 is 16.8 Å². The van der Waals surface area contributed by atoms with Gasteiger partial charge in [-0.2, -0.15) is 0 Å². The molecule has 0 aliphatic carbocycles. The van der Waals surface area contributed by atoms with Gasteiger partial charge in [-0.1, -0.05) is 0 Å². The molecule has 0 fully saturated rings. The van der Waals surface area contributed by atoms with Gasteiger partial charge in [-0.25, -0.2) is 21.8 Å². The Morgan fingerprint density at radius 1 is 1.31 bits per heavy atom. The van der Waals surface area contributed by atoms with Crippen molar-refractivity contribution in [1.82, 2.24) is 5.32 Å². The summed E-state index contributed by atoms with van der Waals surface area (Å²) in [7, 11) is -6.89. The van der Waals surface area contributed by atoms with Crippen LogP contribution in [0.5, 0.6) is 0 Å². The highest BCUT2D eigenvalue weighted by atomic mass is 32.2. The van der Waals surface area contributed by atoms with E-state index in [0.29, 0.717) is 0 Å². The molecule has 0 amide bonds. The fraction of sp³-hybridized carbons (Fsp3) is 0.429. The maximum absolute atomic E-state index is 11.2. The molecule has 1 N–H and O–H groups in total. The van der Waals surface area contributed by atoms with E-state index in [0.717, 1.165) is 18.9 Å². The summed E-state index contributed by atoms with van der Waals surface area (Å²) in [6.45, 7) is 0. The van der Waals surface area contributed by atoms with E-state index in [1.807, 2.05) is 0 Å². The summed E-state index contributed by atoms with van der Waals surface area (Å²) < 4.78 is 47.5. The molecule has 0 bridgehead atoms. The summed E-state index contributed by atoms with van der Waals surface area (Å²) in [4.78, 5) is 3.69. The van der Waals surface area contributed by atoms with Gasteiger partial charge in [-0.3, -0.25) is 0 Å². The smallest absolute Gasteiger partial charge is 0.251 e. The van der Waals surface area contributed by atoms with Gasteiger partial charge in [0.2, 0.25) is 0 Å². The van der Waals surface area contributed by atoms with Crippen molar-refractivity contribution in [2.75, 3.05) is 12.5 Å². The summed E-state index contributed by atoms with van der Waals surface area (Å²) in [6, 6.07) is 0. The first-order valence-corrected chi connectivity index (χ1v) is 7.90. The Bertz CT molecular complexity index is 569. The van der Waals surface area contributed by atoms with Gasteiger partial charge in [0.25, 0.3) is 10.0 Å². The summed E-state index contributed by atoms with van der Waals surface area (Å²) in [5, 5.41) is 2.42. The van der Waals surface area contributed by atoms with Crippen LogP contribution in [0.15, 0.2) is 20.5 Å². The van der Waals surface area contributed by atoms with Crippen molar-refractivity contribution >= 4 is 32.0 Å². The molecule has 0 radical (unpaired) electrons. The number of nitrogens with one attached hydrogen (secondary N) is 1. The number of aliphatic imine (C=N–C) groups is 1. The molecule has 1 aliphatic rings. The summed E-state index contributed by atoms with van der Waals surface area (Å²) >= 11 is 0. The van der Waals surface area contributed by atoms with Crippen LogP contribution in [0.3, 0.4) is 0 Å². The van der Waals surface area contributed by atoms with Crippen LogP contribution in [0.2, 0.25) is 0 Å². The van der Waals surface area contributed by atoms with Crippen molar-refractivity contribution in [3.8, 4) is 0 Å². The molecule has 0 aromatic heterocycles. The van der Waals surface area contributed by atoms with E-state index in [4.69, 9.17) is 0 Å². The minimum Gasteiger partial charge on any atom is -0.337 e. The molecule has 16 heavy (non-hydrogen) atoms. The van der Waals surface area contributed by atoms with E-state index < -0.39 is 19.9 Å². The number of rotatable bonds is 2. The molecule has 1 aliphatic heterocycles. The highest BCUT2D eigenvalue weighted by Gasteiger charge is 2.13. The topological polar surface area (TPSA) is 105 Å². The fourth-order valence-corrected chi connectivity index (χ4v) is 2.13. The minimum absolute atomic E-state index is 0.0186. The Hall–Kier alpha value is -1.22. The van der Waals surface area contributed by atoms with Crippen molar-refractivity contribution in [3.05, 3.63) is 11.1 Å². The standard InChI is InChI=1S/C7H11N3O4S2/c1-15(11,12)7-4-3-6(8-5-9-7)10-16(2,13)14/h4-5H,3H2,1-2H3,(H,8,9,10). The lowest BCUT2D eigenvalue weighted by atomic mass is 10.4. The van der Waals surface area contributed by atoms with Gasteiger partial charge < -0.3 is 5.32 Å². The molecule has 9 heteroatoms. The zero-order valence-electron chi connectivity index (χ0n) is 8.71. The quantitative estimate of drug-likeness (QED) is 0.707. The predicted molar refractivity (Wildman–Crippen MR) is 61.5 cm³/mol. The van der Waals surface area contributed by atoms with Gasteiger partial charge >= 0.3 is 0 Å². The van der Waals surface area contributed by atoms with Gasteiger partial charge in [-0.15, -0.1) is 4.40 Å². The molecule has 0 aromatic rings. The molecule has 90 valence electrons. The van der Waals surface area contributed by atoms with Crippen molar-refractivity contribution in [2.45, 2.75) is 6.42 Å². The van der Waals surface area contributed by atoms with Crippen LogP contribution < -0.4 is 5.32 Å². The number of nitrogens with zero attached hydrogens (tertiary/aromatic N) is 2. The Kier molecular flexibility index (Phi) is 3.48. The Balaban J connectivity index is 3.05. The lowest BCUT2D eigenvalue weighted by Gasteiger charge is -2.00. The third kappa shape index (κ3) is 4.11. The summed E-state index contributed by atoms with van der Waals surface area (Å²) in [5.41, 5.74) is 0. The number of hydrogen-bond donors (Lipinski definition) is 1. The van der Waals surface area contributed by atoms with Crippen LogP contribution in [0.4, 0.5) is 0 Å². The Morgan fingerprint density at radius 3 is 2.44 bits per heavy atom. The van der Waals surface area contributed by atoms with Gasteiger partial charge in [0.15, 0.2) is 9.84 Å². The van der Waals surface area contributed by atoms with E-state index in [1.54, 1.807) is 0 Å². The van der Waals surface area contributed by atoms with Crippen molar-refractivity contribution in [1.29, 1.82) is 0 Å². The summed E-state index contributed by atoms with van der Waals surface area (Å²) in [5.74, 6) is 0.0358. The Morgan fingerprint density at radius 2 is 1.94 bits per heavy atom. The maximum atomic E-state index is 11.2. The summed E-state index contributed by atoms with van der Waals surface area (Å²) in [6.07, 6.45) is 4.45. The molecule has 0 saturated carbocycles. The normalized spacial score (nSPS) is 20.1. The second kappa shape index (κ2) is 4.34. The van der Waals surface area contributed by atoms with E-state index in [2.05, 4.69) is 14.7 Å². The van der Waals surface area contributed by atoms with Gasteiger partial charge in [0.1, 0.15) is 10.9 Å². The molecule has 7 nitrogen and oxygen atoms in total. The lowest BCUT2D eigenvalue weighted by molar-refractivity contribution is 0.603. The zero-order valence-corrected chi connectivity index (χ0v) is 10.3. The van der Waals surface area contributed by atoms with Crippen LogP contribution in [-0.4, -0.2) is 41.5 Å². The molecule has 1 rings (SSSR count). The van der Waals surface area contributed by atoms with Crippen LogP contribution in [-0.2, 0) is 19.9 Å². The molecule has 0 aromatic carbocycles. The van der Waals surface area contributed by atoms with Gasteiger partial charge in [0, 0.05) is 12.7 Å². The first kappa shape index (κ1) is 12.8. The van der Waals surface area contributed by atoms with Crippen LogP contribution in [0, 0.1) is 0 Å². The molecule has 0 atom stereocenters. The van der Waals surface area contributed by atoms with Crippen LogP contribution >= 0.6 is 0 Å². The number of sulfonamides is 1. The molecule has 0 spiro atoms. The second-order valence-electron chi connectivity index (χ2n) is 3.19. The molecule has 0 unspecified atom stereocenters. The fourth-order valence-electron chi connectivity index (χ4n) is 0.977. The predicted octanol–water partition coefficient (Wildman–Crippen LogP) is -0.748. The molecule has 1 heterocycles. The number of amidine groups is 1. The largest absolute Gasteiger partial charge is 0.337 e. The monoisotopic (exact) mass is 265 g/mol. The highest BCUT2D eigenvalue weighted by molar-refractivity contribution is 7.94. The maximum Gasteiger partial charge on any atom is 0.251 e. The first-order chi connectivity index (χ1) is 7.18. The average molecular weight is 265 g/mol. The number of sulfone groups is 1.